The van der Waals surface area contributed by atoms with Crippen molar-refractivity contribution >= 4 is 18.2 Å². The first-order valence-electron chi connectivity index (χ1n) is 6.20. The van der Waals surface area contributed by atoms with E-state index in [1.54, 1.807) is 27.7 Å². The fourth-order valence-electron chi connectivity index (χ4n) is 1.76. The highest BCUT2D eigenvalue weighted by molar-refractivity contribution is 5.98. The van der Waals surface area contributed by atoms with Crippen LogP contribution in [0.1, 0.15) is 40.5 Å². The molecule has 1 heterocycles. The molecule has 0 aromatic heterocycles. The lowest BCUT2D eigenvalue weighted by molar-refractivity contribution is -0.160. The molecule has 1 rings (SSSR count). The lowest BCUT2D eigenvalue weighted by Crippen LogP contribution is -2.41. The van der Waals surface area contributed by atoms with Crippen molar-refractivity contribution in [2.75, 3.05) is 0 Å². The predicted octanol–water partition coefficient (Wildman–Crippen LogP) is 1.17. The number of nitrogens with two attached hydrogens (primary N) is 1. The Bertz CT molecular complexity index is 417. The van der Waals surface area contributed by atoms with Crippen LogP contribution in [0.25, 0.3) is 0 Å². The fourth-order valence-corrected chi connectivity index (χ4v) is 1.76. The number of amides is 1. The molecule has 1 aliphatic heterocycles. The smallest absolute Gasteiger partial charge is 0.329 e. The normalized spacial score (nSPS) is 22.7. The Hall–Kier alpha value is -1.85. The Morgan fingerprint density at radius 1 is 1.53 bits per heavy atom. The van der Waals surface area contributed by atoms with Gasteiger partial charge < -0.3 is 10.5 Å². The zero-order chi connectivity index (χ0) is 14.6. The lowest BCUT2D eigenvalue weighted by Gasteiger charge is -2.25. The average molecular weight is 267 g/mol. The number of nitrogens with zero attached hydrogens (tertiary/aromatic N) is 2. The molecule has 0 radical (unpaired) electrons. The number of allylic oxidation sites excluding steroid dienone is 1. The monoisotopic (exact) mass is 267 g/mol. The Morgan fingerprint density at radius 2 is 2.16 bits per heavy atom. The van der Waals surface area contributed by atoms with Crippen LogP contribution in [0.3, 0.4) is 0 Å². The molecule has 1 unspecified atom stereocenters. The van der Waals surface area contributed by atoms with Gasteiger partial charge in [-0.25, -0.2) is 9.79 Å². The fraction of sp³-hybridized carbons (Fsp3) is 0.615. The molecule has 1 amide bonds. The second kappa shape index (κ2) is 5.86. The van der Waals surface area contributed by atoms with Crippen molar-refractivity contribution in [1.82, 2.24) is 4.90 Å². The number of rotatable bonds is 3. The van der Waals surface area contributed by atoms with Crippen molar-refractivity contribution in [2.24, 2.45) is 10.7 Å². The molecule has 0 aromatic carbocycles. The molecule has 0 bridgehead atoms. The highest BCUT2D eigenvalue weighted by Gasteiger charge is 2.37. The largest absolute Gasteiger partial charge is 0.458 e. The van der Waals surface area contributed by atoms with Crippen LogP contribution >= 0.6 is 0 Å². The van der Waals surface area contributed by atoms with E-state index >= 15 is 0 Å². The average Bonchev–Trinajstić information content (AvgIpc) is 2.66. The maximum atomic E-state index is 12.0. The quantitative estimate of drug-likeness (QED) is 0.614. The van der Waals surface area contributed by atoms with E-state index in [0.29, 0.717) is 30.8 Å². The first-order valence-corrected chi connectivity index (χ1v) is 6.20. The number of carbonyl (C=O) groups excluding carboxylic acids is 2. The molecular weight excluding hydrogens is 246 g/mol. The van der Waals surface area contributed by atoms with Crippen molar-refractivity contribution in [2.45, 2.75) is 52.2 Å². The van der Waals surface area contributed by atoms with Gasteiger partial charge in [0.2, 0.25) is 6.41 Å². The summed E-state index contributed by atoms with van der Waals surface area (Å²) in [5.41, 5.74) is 5.46. The number of esters is 1. The summed E-state index contributed by atoms with van der Waals surface area (Å²) in [6.45, 7) is 7.08. The highest BCUT2D eigenvalue weighted by atomic mass is 16.6. The SMILES string of the molecule is C/C(N)=C\N=C1CCC(C(=O)OC(C)(C)C)N1C=O. The van der Waals surface area contributed by atoms with Crippen LogP contribution < -0.4 is 5.73 Å². The summed E-state index contributed by atoms with van der Waals surface area (Å²) in [5.74, 6) is 0.133. The topological polar surface area (TPSA) is 85.0 Å². The minimum Gasteiger partial charge on any atom is -0.458 e. The maximum Gasteiger partial charge on any atom is 0.329 e. The molecule has 19 heavy (non-hydrogen) atoms. The number of likely N-dealkylation sites (tertiary alicyclic amines) is 1. The van der Waals surface area contributed by atoms with E-state index in [2.05, 4.69) is 4.99 Å². The number of carbonyl (C=O) groups is 2. The zero-order valence-electron chi connectivity index (χ0n) is 11.8. The van der Waals surface area contributed by atoms with Crippen LogP contribution in [0.15, 0.2) is 16.9 Å². The summed E-state index contributed by atoms with van der Waals surface area (Å²) in [7, 11) is 0. The van der Waals surface area contributed by atoms with Crippen LogP contribution in [0.5, 0.6) is 0 Å². The Morgan fingerprint density at radius 3 is 2.63 bits per heavy atom. The summed E-state index contributed by atoms with van der Waals surface area (Å²) < 4.78 is 5.29. The summed E-state index contributed by atoms with van der Waals surface area (Å²) in [6.07, 6.45) is 3.15. The Kier molecular flexibility index (Phi) is 4.69. The highest BCUT2D eigenvalue weighted by Crippen LogP contribution is 2.22. The van der Waals surface area contributed by atoms with Crippen molar-refractivity contribution in [3.8, 4) is 0 Å². The molecule has 6 heteroatoms. The van der Waals surface area contributed by atoms with Gasteiger partial charge >= 0.3 is 5.97 Å². The van der Waals surface area contributed by atoms with E-state index < -0.39 is 17.6 Å². The minimum absolute atomic E-state index is 0.404. The molecule has 0 saturated carbocycles. The third-order valence-electron chi connectivity index (χ3n) is 2.48. The molecular formula is C13H21N3O3. The standard InChI is InChI=1S/C13H21N3O3/c1-9(14)7-15-11-6-5-10(16(11)8-17)12(18)19-13(2,3)4/h7-8,10H,5-6,14H2,1-4H3/b9-7+,15-11?. The molecule has 1 fully saturated rings. The van der Waals surface area contributed by atoms with E-state index in [-0.39, 0.29) is 0 Å². The Labute approximate surface area is 113 Å². The number of amidine groups is 1. The van der Waals surface area contributed by atoms with Gasteiger partial charge in [0.15, 0.2) is 0 Å². The van der Waals surface area contributed by atoms with Crippen LogP contribution in [0.2, 0.25) is 0 Å². The first-order chi connectivity index (χ1) is 8.74. The van der Waals surface area contributed by atoms with E-state index in [1.165, 1.54) is 11.1 Å². The molecule has 0 spiro atoms. The molecule has 6 nitrogen and oxygen atoms in total. The summed E-state index contributed by atoms with van der Waals surface area (Å²) in [4.78, 5) is 28.6. The van der Waals surface area contributed by atoms with E-state index in [4.69, 9.17) is 10.5 Å². The zero-order valence-corrected chi connectivity index (χ0v) is 11.8. The third-order valence-corrected chi connectivity index (χ3v) is 2.48. The molecule has 0 aromatic rings. The van der Waals surface area contributed by atoms with Gasteiger partial charge in [0.05, 0.1) is 0 Å². The van der Waals surface area contributed by atoms with E-state index in [9.17, 15) is 9.59 Å². The van der Waals surface area contributed by atoms with Crippen LogP contribution in [-0.2, 0) is 14.3 Å². The van der Waals surface area contributed by atoms with Crippen molar-refractivity contribution < 1.29 is 14.3 Å². The van der Waals surface area contributed by atoms with Crippen molar-refractivity contribution in [3.05, 3.63) is 11.9 Å². The molecule has 106 valence electrons. The molecule has 0 aliphatic carbocycles. The van der Waals surface area contributed by atoms with Crippen LogP contribution in [-0.4, -0.2) is 34.8 Å². The van der Waals surface area contributed by atoms with Crippen molar-refractivity contribution in [3.63, 3.8) is 0 Å². The second-order valence-electron chi connectivity index (χ2n) is 5.52. The van der Waals surface area contributed by atoms with Gasteiger partial charge in [0.25, 0.3) is 0 Å². The minimum atomic E-state index is -0.595. The van der Waals surface area contributed by atoms with E-state index in [0.717, 1.165) is 0 Å². The molecule has 2 N–H and O–H groups in total. The van der Waals surface area contributed by atoms with Gasteiger partial charge in [0.1, 0.15) is 17.5 Å². The predicted molar refractivity (Wildman–Crippen MR) is 72.1 cm³/mol. The first kappa shape index (κ1) is 15.2. The van der Waals surface area contributed by atoms with Gasteiger partial charge in [-0.15, -0.1) is 0 Å². The number of aliphatic imine (C=N–C) groups is 1. The Balaban J connectivity index is 2.83. The van der Waals surface area contributed by atoms with Crippen molar-refractivity contribution in [1.29, 1.82) is 0 Å². The number of hydrogen-bond donors (Lipinski definition) is 1. The maximum absolute atomic E-state index is 12.0. The lowest BCUT2D eigenvalue weighted by atomic mass is 10.1. The van der Waals surface area contributed by atoms with Gasteiger partial charge in [-0.05, 0) is 34.1 Å². The third kappa shape index (κ3) is 4.39. The van der Waals surface area contributed by atoms with E-state index in [1.807, 2.05) is 0 Å². The summed E-state index contributed by atoms with van der Waals surface area (Å²) >= 11 is 0. The van der Waals surface area contributed by atoms with Gasteiger partial charge in [-0.1, -0.05) is 0 Å². The molecule has 1 atom stereocenters. The van der Waals surface area contributed by atoms with Gasteiger partial charge in [0, 0.05) is 18.3 Å². The summed E-state index contributed by atoms with van der Waals surface area (Å²) in [6, 6.07) is -0.595. The summed E-state index contributed by atoms with van der Waals surface area (Å²) in [5, 5.41) is 0. The van der Waals surface area contributed by atoms with Crippen LogP contribution in [0.4, 0.5) is 0 Å². The van der Waals surface area contributed by atoms with Crippen LogP contribution in [0, 0.1) is 0 Å². The molecule has 1 saturated heterocycles. The van der Waals surface area contributed by atoms with Gasteiger partial charge in [-0.3, -0.25) is 9.69 Å². The van der Waals surface area contributed by atoms with Gasteiger partial charge in [-0.2, -0.15) is 0 Å². The number of ether oxygens (including phenoxy) is 1. The number of hydrogen-bond acceptors (Lipinski definition) is 5. The second-order valence-corrected chi connectivity index (χ2v) is 5.52. The molecule has 1 aliphatic rings.